The molecule has 0 amide bonds. The lowest BCUT2D eigenvalue weighted by Crippen LogP contribution is -2.39. The van der Waals surface area contributed by atoms with Gasteiger partial charge in [-0.2, -0.15) is 0 Å². The molecule has 0 saturated heterocycles. The third-order valence-electron chi connectivity index (χ3n) is 5.67. The van der Waals surface area contributed by atoms with Gasteiger partial charge in [-0.1, -0.05) is 24.3 Å². The van der Waals surface area contributed by atoms with Crippen molar-refractivity contribution in [1.29, 1.82) is 0 Å². The number of aromatic nitrogens is 2. The van der Waals surface area contributed by atoms with E-state index in [1.807, 2.05) is 45.0 Å². The van der Waals surface area contributed by atoms with Crippen LogP contribution in [-0.2, 0) is 6.54 Å². The number of benzene rings is 2. The van der Waals surface area contributed by atoms with Crippen LogP contribution in [0.25, 0.3) is 15.9 Å². The molecule has 0 aliphatic rings. The highest BCUT2D eigenvalue weighted by molar-refractivity contribution is 7.18. The molecule has 6 nitrogen and oxygen atoms in total. The zero-order valence-corrected chi connectivity index (χ0v) is 19.0. The molecule has 0 spiro atoms. The number of methoxy groups -OCH3 is 2. The van der Waals surface area contributed by atoms with Crippen molar-refractivity contribution in [3.8, 4) is 17.2 Å². The minimum Gasteiger partial charge on any atom is -0.497 e. The first kappa shape index (κ1) is 20.9. The van der Waals surface area contributed by atoms with Gasteiger partial charge < -0.3 is 9.47 Å². The number of aryl methyl sites for hydroxylation is 3. The van der Waals surface area contributed by atoms with Gasteiger partial charge >= 0.3 is 5.69 Å². The number of fused-ring (bicyclic) bond motifs is 1. The van der Waals surface area contributed by atoms with Crippen molar-refractivity contribution in [2.45, 2.75) is 27.3 Å². The highest BCUT2D eigenvalue weighted by Gasteiger charge is 2.22. The maximum atomic E-state index is 13.7. The molecular weight excluding hydrogens is 412 g/mol. The molecule has 4 rings (SSSR count). The predicted molar refractivity (Wildman–Crippen MR) is 125 cm³/mol. The van der Waals surface area contributed by atoms with Crippen LogP contribution in [0.1, 0.15) is 21.6 Å². The molecule has 4 aromatic rings. The van der Waals surface area contributed by atoms with E-state index in [4.69, 9.17) is 9.47 Å². The fourth-order valence-electron chi connectivity index (χ4n) is 3.74. The molecule has 0 unspecified atom stereocenters. The predicted octanol–water partition coefficient (Wildman–Crippen LogP) is 4.20. The van der Waals surface area contributed by atoms with Crippen LogP contribution >= 0.6 is 11.3 Å². The second-order valence-corrected chi connectivity index (χ2v) is 8.64. The number of hydrogen-bond acceptors (Lipinski definition) is 5. The zero-order valence-electron chi connectivity index (χ0n) is 18.2. The van der Waals surface area contributed by atoms with Gasteiger partial charge in [-0.3, -0.25) is 9.36 Å². The third kappa shape index (κ3) is 3.45. The molecule has 0 fully saturated rings. The van der Waals surface area contributed by atoms with E-state index in [-0.39, 0.29) is 5.56 Å². The number of ether oxygens (including phenoxy) is 2. The molecule has 0 atom stereocenters. The van der Waals surface area contributed by atoms with Gasteiger partial charge in [-0.15, -0.1) is 11.3 Å². The van der Waals surface area contributed by atoms with Gasteiger partial charge in [0.25, 0.3) is 5.56 Å². The summed E-state index contributed by atoms with van der Waals surface area (Å²) in [6, 6.07) is 13.0. The van der Waals surface area contributed by atoms with Gasteiger partial charge in [-0.25, -0.2) is 9.36 Å². The summed E-state index contributed by atoms with van der Waals surface area (Å²) >= 11 is 1.48. The van der Waals surface area contributed by atoms with Crippen LogP contribution in [-0.4, -0.2) is 23.4 Å². The zero-order chi connectivity index (χ0) is 22.3. The lowest BCUT2D eigenvalue weighted by atomic mass is 10.1. The van der Waals surface area contributed by atoms with Crippen LogP contribution in [0.3, 0.4) is 0 Å². The standard InChI is InChI=1S/C24H24N2O4S/c1-14-8-6-7-9-17(14)13-25-23-21(15(2)16(3)31-23)22(27)26(24(25)28)19-11-10-18(29-4)12-20(19)30-5/h6-12H,13H2,1-5H3. The second kappa shape index (κ2) is 8.07. The molecule has 0 N–H and O–H groups in total. The van der Waals surface area contributed by atoms with Crippen molar-refractivity contribution in [2.24, 2.45) is 0 Å². The minimum absolute atomic E-state index is 0.341. The Morgan fingerprint density at radius 2 is 1.71 bits per heavy atom. The average Bonchev–Trinajstić information content (AvgIpc) is 3.07. The molecule has 2 heterocycles. The largest absolute Gasteiger partial charge is 0.497 e. The van der Waals surface area contributed by atoms with Gasteiger partial charge in [-0.05, 0) is 49.6 Å². The summed E-state index contributed by atoms with van der Waals surface area (Å²) in [6.07, 6.45) is 0. The van der Waals surface area contributed by atoms with Gasteiger partial charge in [0.15, 0.2) is 0 Å². The first-order valence-corrected chi connectivity index (χ1v) is 10.7. The lowest BCUT2D eigenvalue weighted by molar-refractivity contribution is 0.392. The molecule has 2 aromatic carbocycles. The summed E-state index contributed by atoms with van der Waals surface area (Å²) in [6.45, 7) is 6.29. The van der Waals surface area contributed by atoms with Crippen LogP contribution in [0, 0.1) is 20.8 Å². The molecule has 2 aromatic heterocycles. The first-order valence-electron chi connectivity index (χ1n) is 9.89. The Kier molecular flexibility index (Phi) is 5.45. The Bertz CT molecular complexity index is 1410. The van der Waals surface area contributed by atoms with Crippen molar-refractivity contribution in [2.75, 3.05) is 14.2 Å². The summed E-state index contributed by atoms with van der Waals surface area (Å²) < 4.78 is 13.7. The fraction of sp³-hybridized carbons (Fsp3) is 0.250. The SMILES string of the molecule is COc1ccc(-n2c(=O)c3c(C)c(C)sc3n(Cc3ccccc3C)c2=O)c(OC)c1. The van der Waals surface area contributed by atoms with E-state index in [1.165, 1.54) is 23.0 Å². The molecule has 31 heavy (non-hydrogen) atoms. The highest BCUT2D eigenvalue weighted by Crippen LogP contribution is 2.30. The third-order valence-corrected chi connectivity index (χ3v) is 6.90. The lowest BCUT2D eigenvalue weighted by Gasteiger charge is -2.16. The molecule has 0 saturated carbocycles. The minimum atomic E-state index is -0.398. The second-order valence-electron chi connectivity index (χ2n) is 7.44. The van der Waals surface area contributed by atoms with Crippen molar-refractivity contribution in [3.05, 3.63) is 84.9 Å². The Morgan fingerprint density at radius 3 is 2.39 bits per heavy atom. The maximum absolute atomic E-state index is 13.7. The van der Waals surface area contributed by atoms with Crippen LogP contribution in [0.4, 0.5) is 0 Å². The number of rotatable bonds is 5. The van der Waals surface area contributed by atoms with Gasteiger partial charge in [0.05, 0.1) is 31.8 Å². The fourth-order valence-corrected chi connectivity index (χ4v) is 4.88. The van der Waals surface area contributed by atoms with E-state index in [0.717, 1.165) is 21.6 Å². The molecule has 0 radical (unpaired) electrons. The Balaban J connectivity index is 2.08. The molecule has 0 aliphatic carbocycles. The first-order chi connectivity index (χ1) is 14.9. The van der Waals surface area contributed by atoms with Crippen molar-refractivity contribution >= 4 is 21.6 Å². The Morgan fingerprint density at radius 1 is 0.968 bits per heavy atom. The van der Waals surface area contributed by atoms with Crippen molar-refractivity contribution in [3.63, 3.8) is 0 Å². The summed E-state index contributed by atoms with van der Waals surface area (Å²) in [4.78, 5) is 29.0. The van der Waals surface area contributed by atoms with Crippen LogP contribution in [0.15, 0.2) is 52.1 Å². The molecular formula is C24H24N2O4S. The summed E-state index contributed by atoms with van der Waals surface area (Å²) in [5, 5.41) is 0.563. The van der Waals surface area contributed by atoms with Crippen LogP contribution in [0.2, 0.25) is 0 Å². The summed E-state index contributed by atoms with van der Waals surface area (Å²) in [7, 11) is 3.06. The molecule has 0 aliphatic heterocycles. The average molecular weight is 437 g/mol. The van der Waals surface area contributed by atoms with E-state index >= 15 is 0 Å². The maximum Gasteiger partial charge on any atom is 0.337 e. The van der Waals surface area contributed by atoms with Crippen LogP contribution in [0.5, 0.6) is 11.5 Å². The van der Waals surface area contributed by atoms with E-state index in [0.29, 0.717) is 33.9 Å². The Hall–Kier alpha value is -3.32. The van der Waals surface area contributed by atoms with E-state index in [1.54, 1.807) is 29.9 Å². The summed E-state index contributed by atoms with van der Waals surface area (Å²) in [5.41, 5.74) is 2.66. The molecule has 0 bridgehead atoms. The monoisotopic (exact) mass is 436 g/mol. The number of thiophene rings is 1. The van der Waals surface area contributed by atoms with E-state index < -0.39 is 5.69 Å². The van der Waals surface area contributed by atoms with E-state index in [9.17, 15) is 9.59 Å². The number of hydrogen-bond donors (Lipinski definition) is 0. The topological polar surface area (TPSA) is 62.5 Å². The Labute approximate surface area is 183 Å². The van der Waals surface area contributed by atoms with Crippen LogP contribution < -0.4 is 20.7 Å². The van der Waals surface area contributed by atoms with E-state index in [2.05, 4.69) is 0 Å². The quantitative estimate of drug-likeness (QED) is 0.470. The number of nitrogens with zero attached hydrogens (tertiary/aromatic N) is 2. The normalized spacial score (nSPS) is 11.1. The van der Waals surface area contributed by atoms with Crippen molar-refractivity contribution in [1.82, 2.24) is 9.13 Å². The highest BCUT2D eigenvalue weighted by atomic mass is 32.1. The van der Waals surface area contributed by atoms with Gasteiger partial charge in [0.1, 0.15) is 16.3 Å². The smallest absolute Gasteiger partial charge is 0.337 e. The van der Waals surface area contributed by atoms with Gasteiger partial charge in [0.2, 0.25) is 0 Å². The van der Waals surface area contributed by atoms with Gasteiger partial charge in [0, 0.05) is 10.9 Å². The molecule has 160 valence electrons. The van der Waals surface area contributed by atoms with Crippen molar-refractivity contribution < 1.29 is 9.47 Å². The molecule has 7 heteroatoms. The summed E-state index contributed by atoms with van der Waals surface area (Å²) in [5.74, 6) is 0.975.